The van der Waals surface area contributed by atoms with Crippen LogP contribution in [-0.4, -0.2) is 48.6 Å². The van der Waals surface area contributed by atoms with Crippen molar-refractivity contribution in [3.8, 4) is 5.75 Å². The highest BCUT2D eigenvalue weighted by molar-refractivity contribution is 5.74. The first-order valence-corrected chi connectivity index (χ1v) is 7.86. The molecule has 2 amide bonds. The molecule has 1 unspecified atom stereocenters. The fourth-order valence-corrected chi connectivity index (χ4v) is 2.75. The number of alkyl halides is 3. The number of para-hydroxylation sites is 1. The number of carbonyl (C=O) groups excluding carboxylic acids is 1. The van der Waals surface area contributed by atoms with Crippen molar-refractivity contribution in [3.05, 3.63) is 29.8 Å². The molecule has 1 aliphatic heterocycles. The maximum absolute atomic E-state index is 12.4. The monoisotopic (exact) mass is 346 g/mol. The number of carbonyl (C=O) groups is 1. The van der Waals surface area contributed by atoms with Crippen molar-refractivity contribution < 1.29 is 27.8 Å². The van der Waals surface area contributed by atoms with E-state index in [1.165, 1.54) is 18.2 Å². The Bertz CT molecular complexity index is 552. The number of likely N-dealkylation sites (tertiary alicyclic amines) is 1. The van der Waals surface area contributed by atoms with E-state index in [0.29, 0.717) is 18.7 Å². The Balaban J connectivity index is 1.85. The number of amides is 2. The zero-order chi connectivity index (χ0) is 17.6. The van der Waals surface area contributed by atoms with Crippen LogP contribution < -0.4 is 10.1 Å². The molecule has 0 aliphatic carbocycles. The van der Waals surface area contributed by atoms with Gasteiger partial charge in [-0.1, -0.05) is 18.2 Å². The molecular weight excluding hydrogens is 325 g/mol. The number of nitrogens with zero attached hydrogens (tertiary/aromatic N) is 1. The summed E-state index contributed by atoms with van der Waals surface area (Å²) < 4.78 is 41.1. The first-order chi connectivity index (χ1) is 11.4. The summed E-state index contributed by atoms with van der Waals surface area (Å²) in [6.45, 7) is 1.37. The van der Waals surface area contributed by atoms with Crippen LogP contribution in [0.3, 0.4) is 0 Å². The quantitative estimate of drug-likeness (QED) is 0.861. The molecule has 1 heterocycles. The van der Waals surface area contributed by atoms with E-state index in [2.05, 4.69) is 10.1 Å². The topological polar surface area (TPSA) is 61.8 Å². The lowest BCUT2D eigenvalue weighted by molar-refractivity contribution is -0.274. The second-order valence-corrected chi connectivity index (χ2v) is 5.77. The molecule has 24 heavy (non-hydrogen) atoms. The van der Waals surface area contributed by atoms with Gasteiger partial charge in [0, 0.05) is 26.2 Å². The molecule has 8 heteroatoms. The summed E-state index contributed by atoms with van der Waals surface area (Å²) >= 11 is 0. The Labute approximate surface area is 138 Å². The van der Waals surface area contributed by atoms with Gasteiger partial charge in [0.25, 0.3) is 0 Å². The molecule has 0 aromatic heterocycles. The molecule has 134 valence electrons. The number of piperidine rings is 1. The van der Waals surface area contributed by atoms with Gasteiger partial charge in [-0.2, -0.15) is 0 Å². The maximum atomic E-state index is 12.4. The van der Waals surface area contributed by atoms with Crippen LogP contribution >= 0.6 is 0 Å². The number of hydrogen-bond acceptors (Lipinski definition) is 3. The zero-order valence-electron chi connectivity index (χ0n) is 13.2. The number of benzene rings is 1. The summed E-state index contributed by atoms with van der Waals surface area (Å²) in [6, 6.07) is 5.61. The van der Waals surface area contributed by atoms with Crippen molar-refractivity contribution >= 4 is 6.03 Å². The average molecular weight is 346 g/mol. The van der Waals surface area contributed by atoms with Crippen LogP contribution in [0.2, 0.25) is 0 Å². The van der Waals surface area contributed by atoms with Gasteiger partial charge >= 0.3 is 12.4 Å². The number of aliphatic hydroxyl groups is 1. The van der Waals surface area contributed by atoms with Crippen LogP contribution in [0.1, 0.15) is 18.4 Å². The largest absolute Gasteiger partial charge is 0.573 e. The standard InChI is InChI=1S/C16H21F3N2O3/c17-16(18,19)24-14-6-2-1-5-13(14)7-8-20-15(23)21-9-3-4-12(10-21)11-22/h1-2,5-6,12,22H,3-4,7-11H2,(H,20,23). The van der Waals surface area contributed by atoms with E-state index in [-0.39, 0.29) is 37.3 Å². The molecule has 0 bridgehead atoms. The molecule has 0 saturated carbocycles. The van der Waals surface area contributed by atoms with Gasteiger partial charge in [0.2, 0.25) is 0 Å². The molecule has 2 rings (SSSR count). The Kier molecular flexibility index (Phi) is 6.30. The first kappa shape index (κ1) is 18.4. The number of hydrogen-bond donors (Lipinski definition) is 2. The fraction of sp³-hybridized carbons (Fsp3) is 0.562. The SMILES string of the molecule is O=C(NCCc1ccccc1OC(F)(F)F)N1CCCC(CO)C1. The van der Waals surface area contributed by atoms with Crippen molar-refractivity contribution in [2.75, 3.05) is 26.2 Å². The number of ether oxygens (including phenoxy) is 1. The molecule has 1 aromatic rings. The molecule has 1 atom stereocenters. The summed E-state index contributed by atoms with van der Waals surface area (Å²) in [6.07, 6.45) is -2.79. The van der Waals surface area contributed by atoms with E-state index in [9.17, 15) is 23.1 Å². The number of rotatable bonds is 5. The Morgan fingerprint density at radius 3 is 2.83 bits per heavy atom. The Hall–Kier alpha value is -1.96. The number of halogens is 3. The van der Waals surface area contributed by atoms with Gasteiger partial charge in [0.15, 0.2) is 0 Å². The fourth-order valence-electron chi connectivity index (χ4n) is 2.75. The minimum atomic E-state index is -4.74. The summed E-state index contributed by atoms with van der Waals surface area (Å²) in [5, 5.41) is 11.9. The van der Waals surface area contributed by atoms with Gasteiger partial charge in [0.05, 0.1) is 0 Å². The van der Waals surface area contributed by atoms with Crippen LogP contribution in [-0.2, 0) is 6.42 Å². The third kappa shape index (κ3) is 5.59. The van der Waals surface area contributed by atoms with E-state index in [1.807, 2.05) is 0 Å². The van der Waals surface area contributed by atoms with E-state index in [0.717, 1.165) is 12.8 Å². The summed E-state index contributed by atoms with van der Waals surface area (Å²) in [7, 11) is 0. The van der Waals surface area contributed by atoms with Crippen molar-refractivity contribution in [2.45, 2.75) is 25.6 Å². The van der Waals surface area contributed by atoms with Crippen LogP contribution in [0.5, 0.6) is 5.75 Å². The summed E-state index contributed by atoms with van der Waals surface area (Å²) in [5.74, 6) is -0.164. The number of aliphatic hydroxyl groups excluding tert-OH is 1. The maximum Gasteiger partial charge on any atom is 0.573 e. The van der Waals surface area contributed by atoms with Crippen molar-refractivity contribution in [1.82, 2.24) is 10.2 Å². The van der Waals surface area contributed by atoms with Crippen LogP contribution in [0, 0.1) is 5.92 Å². The van der Waals surface area contributed by atoms with Gasteiger partial charge < -0.3 is 20.1 Å². The Morgan fingerprint density at radius 1 is 1.38 bits per heavy atom. The summed E-state index contributed by atoms with van der Waals surface area (Å²) in [5.41, 5.74) is 0.377. The molecule has 0 spiro atoms. The van der Waals surface area contributed by atoms with Gasteiger partial charge in [-0.25, -0.2) is 4.79 Å². The minimum absolute atomic E-state index is 0.0476. The molecule has 5 nitrogen and oxygen atoms in total. The van der Waals surface area contributed by atoms with Crippen LogP contribution in [0.15, 0.2) is 24.3 Å². The lowest BCUT2D eigenvalue weighted by Crippen LogP contribution is -2.46. The highest BCUT2D eigenvalue weighted by Crippen LogP contribution is 2.26. The lowest BCUT2D eigenvalue weighted by Gasteiger charge is -2.31. The predicted molar refractivity (Wildman–Crippen MR) is 81.6 cm³/mol. The minimum Gasteiger partial charge on any atom is -0.406 e. The van der Waals surface area contributed by atoms with Gasteiger partial charge in [-0.05, 0) is 36.8 Å². The van der Waals surface area contributed by atoms with Gasteiger partial charge in [-0.15, -0.1) is 13.2 Å². The van der Waals surface area contributed by atoms with Gasteiger partial charge in [0.1, 0.15) is 5.75 Å². The number of urea groups is 1. The molecule has 0 radical (unpaired) electrons. The van der Waals surface area contributed by atoms with Crippen molar-refractivity contribution in [2.24, 2.45) is 5.92 Å². The number of nitrogens with one attached hydrogen (secondary N) is 1. The van der Waals surface area contributed by atoms with Crippen LogP contribution in [0.4, 0.5) is 18.0 Å². The average Bonchev–Trinajstić information content (AvgIpc) is 2.55. The second-order valence-electron chi connectivity index (χ2n) is 5.77. The van der Waals surface area contributed by atoms with Crippen molar-refractivity contribution in [1.29, 1.82) is 0 Å². The highest BCUT2D eigenvalue weighted by Gasteiger charge is 2.32. The lowest BCUT2D eigenvalue weighted by atomic mass is 9.99. The van der Waals surface area contributed by atoms with E-state index >= 15 is 0 Å². The molecule has 1 aromatic carbocycles. The second kappa shape index (κ2) is 8.23. The smallest absolute Gasteiger partial charge is 0.406 e. The third-order valence-electron chi connectivity index (χ3n) is 3.93. The summed E-state index contributed by atoms with van der Waals surface area (Å²) in [4.78, 5) is 13.7. The molecular formula is C16H21F3N2O3. The van der Waals surface area contributed by atoms with Gasteiger partial charge in [-0.3, -0.25) is 0 Å². The Morgan fingerprint density at radius 2 is 2.12 bits per heavy atom. The highest BCUT2D eigenvalue weighted by atomic mass is 19.4. The molecule has 1 aliphatic rings. The molecule has 1 saturated heterocycles. The van der Waals surface area contributed by atoms with E-state index in [4.69, 9.17) is 0 Å². The molecule has 1 fully saturated rings. The molecule has 2 N–H and O–H groups in total. The normalized spacial score (nSPS) is 18.3. The third-order valence-corrected chi connectivity index (χ3v) is 3.93. The van der Waals surface area contributed by atoms with Crippen molar-refractivity contribution in [3.63, 3.8) is 0 Å². The van der Waals surface area contributed by atoms with Crippen LogP contribution in [0.25, 0.3) is 0 Å². The first-order valence-electron chi connectivity index (χ1n) is 7.86. The van der Waals surface area contributed by atoms with E-state index in [1.54, 1.807) is 11.0 Å². The van der Waals surface area contributed by atoms with E-state index < -0.39 is 6.36 Å². The zero-order valence-corrected chi connectivity index (χ0v) is 13.2. The predicted octanol–water partition coefficient (Wildman–Crippen LogP) is 2.54.